The molecule has 4 nitrogen and oxygen atoms in total. The van der Waals surface area contributed by atoms with Crippen LogP contribution in [0.2, 0.25) is 0 Å². The molecule has 0 saturated carbocycles. The first kappa shape index (κ1) is 12.4. The van der Waals surface area contributed by atoms with E-state index in [9.17, 15) is 4.79 Å². The van der Waals surface area contributed by atoms with Crippen LogP contribution in [0.1, 0.15) is 12.8 Å². The first-order chi connectivity index (χ1) is 9.74. The monoisotopic (exact) mass is 273 g/mol. The summed E-state index contributed by atoms with van der Waals surface area (Å²) < 4.78 is 10.8. The summed E-state index contributed by atoms with van der Waals surface area (Å²) in [5, 5.41) is 0. The highest BCUT2D eigenvalue weighted by Crippen LogP contribution is 2.51. The molecule has 0 bridgehead atoms. The Labute approximate surface area is 118 Å². The van der Waals surface area contributed by atoms with E-state index in [1.54, 1.807) is 13.2 Å². The number of carbonyl (C=O) groups is 1. The highest BCUT2D eigenvalue weighted by Gasteiger charge is 2.53. The number of rotatable bonds is 1. The standard InChI is InChI=1S/C16H19NO3/c1-19-13-3-2-12-5-7-17-6-4-11-10-20-15(18)8-14(11)16(12,17)9-13/h2-3,5,8,11,13H,4,6-7,9-10H2,1H3/t11-,13+,16+/m1/s1. The lowest BCUT2D eigenvalue weighted by Crippen LogP contribution is -2.57. The summed E-state index contributed by atoms with van der Waals surface area (Å²) in [4.78, 5) is 14.2. The molecule has 3 aliphatic heterocycles. The number of nitrogens with zero attached hydrogens (tertiary/aromatic N) is 1. The van der Waals surface area contributed by atoms with Gasteiger partial charge in [0.2, 0.25) is 0 Å². The Morgan fingerprint density at radius 1 is 1.50 bits per heavy atom. The predicted octanol–water partition coefficient (Wildman–Crippen LogP) is 1.45. The van der Waals surface area contributed by atoms with Crippen LogP contribution in [0.15, 0.2) is 35.5 Å². The van der Waals surface area contributed by atoms with Crippen LogP contribution in [0.4, 0.5) is 0 Å². The van der Waals surface area contributed by atoms with Crippen molar-refractivity contribution in [1.82, 2.24) is 4.90 Å². The average molecular weight is 273 g/mol. The molecule has 4 heteroatoms. The molecule has 3 heterocycles. The van der Waals surface area contributed by atoms with Crippen molar-refractivity contribution in [3.8, 4) is 0 Å². The number of hydrogen-bond acceptors (Lipinski definition) is 4. The van der Waals surface area contributed by atoms with Crippen molar-refractivity contribution in [2.45, 2.75) is 24.5 Å². The van der Waals surface area contributed by atoms with Gasteiger partial charge in [-0.1, -0.05) is 18.2 Å². The number of hydrogen-bond donors (Lipinski definition) is 0. The molecule has 106 valence electrons. The van der Waals surface area contributed by atoms with Crippen molar-refractivity contribution < 1.29 is 14.3 Å². The van der Waals surface area contributed by atoms with Gasteiger partial charge in [0.15, 0.2) is 0 Å². The van der Waals surface area contributed by atoms with Gasteiger partial charge in [-0.25, -0.2) is 4.79 Å². The Morgan fingerprint density at radius 3 is 3.25 bits per heavy atom. The SMILES string of the molecule is CO[C@H]1C=CC2=CCN3CC[C@@H]4COC(=O)C=C4[C@]23C1. The average Bonchev–Trinajstić information content (AvgIpc) is 2.86. The van der Waals surface area contributed by atoms with Crippen LogP contribution in [0.25, 0.3) is 0 Å². The lowest BCUT2D eigenvalue weighted by Gasteiger charge is -2.52. The maximum Gasteiger partial charge on any atom is 0.330 e. The maximum absolute atomic E-state index is 11.7. The summed E-state index contributed by atoms with van der Waals surface area (Å²) in [6.45, 7) is 2.56. The second-order valence-electron chi connectivity index (χ2n) is 6.02. The van der Waals surface area contributed by atoms with E-state index in [0.717, 1.165) is 25.9 Å². The predicted molar refractivity (Wildman–Crippen MR) is 74.1 cm³/mol. The second-order valence-corrected chi connectivity index (χ2v) is 6.02. The zero-order valence-corrected chi connectivity index (χ0v) is 11.7. The molecule has 3 atom stereocenters. The number of fused-ring (bicyclic) bond motifs is 1. The second kappa shape index (κ2) is 4.30. The zero-order valence-electron chi connectivity index (χ0n) is 11.7. The minimum absolute atomic E-state index is 0.116. The van der Waals surface area contributed by atoms with E-state index in [0.29, 0.717) is 12.5 Å². The van der Waals surface area contributed by atoms with E-state index >= 15 is 0 Å². The highest BCUT2D eigenvalue weighted by atomic mass is 16.5. The van der Waals surface area contributed by atoms with Gasteiger partial charge in [0, 0.05) is 38.6 Å². The van der Waals surface area contributed by atoms with Gasteiger partial charge in [-0.15, -0.1) is 0 Å². The molecular weight excluding hydrogens is 254 g/mol. The number of ether oxygens (including phenoxy) is 2. The number of piperidine rings is 1. The van der Waals surface area contributed by atoms with Crippen molar-refractivity contribution in [3.05, 3.63) is 35.5 Å². The third-order valence-electron chi connectivity index (χ3n) is 5.20. The van der Waals surface area contributed by atoms with Gasteiger partial charge in [-0.05, 0) is 17.6 Å². The fourth-order valence-corrected chi connectivity index (χ4v) is 4.22. The van der Waals surface area contributed by atoms with Crippen LogP contribution in [0.3, 0.4) is 0 Å². The highest BCUT2D eigenvalue weighted by molar-refractivity contribution is 5.85. The minimum Gasteiger partial charge on any atom is -0.462 e. The van der Waals surface area contributed by atoms with Crippen molar-refractivity contribution in [2.75, 3.05) is 26.8 Å². The molecule has 0 unspecified atom stereocenters. The summed E-state index contributed by atoms with van der Waals surface area (Å²) in [6.07, 6.45) is 10.4. The first-order valence-corrected chi connectivity index (χ1v) is 7.29. The van der Waals surface area contributed by atoms with Crippen molar-refractivity contribution >= 4 is 5.97 Å². The molecule has 0 aromatic rings. The zero-order chi connectivity index (χ0) is 13.7. The molecule has 4 aliphatic rings. The molecule has 1 fully saturated rings. The Balaban J connectivity index is 1.84. The van der Waals surface area contributed by atoms with Gasteiger partial charge in [0.05, 0.1) is 18.2 Å². The summed E-state index contributed by atoms with van der Waals surface area (Å²) in [6, 6.07) is 0. The van der Waals surface area contributed by atoms with Crippen molar-refractivity contribution in [1.29, 1.82) is 0 Å². The molecule has 20 heavy (non-hydrogen) atoms. The minimum atomic E-state index is -0.192. The van der Waals surface area contributed by atoms with Gasteiger partial charge in [-0.2, -0.15) is 0 Å². The van der Waals surface area contributed by atoms with Gasteiger partial charge < -0.3 is 9.47 Å². The third-order valence-corrected chi connectivity index (χ3v) is 5.20. The molecule has 4 rings (SSSR count). The van der Waals surface area contributed by atoms with E-state index in [1.165, 1.54) is 11.1 Å². The van der Waals surface area contributed by atoms with E-state index in [4.69, 9.17) is 9.47 Å². The van der Waals surface area contributed by atoms with Crippen LogP contribution in [-0.4, -0.2) is 49.3 Å². The molecule has 0 radical (unpaired) electrons. The molecule has 1 spiro atoms. The molecular formula is C16H19NO3. The van der Waals surface area contributed by atoms with Gasteiger partial charge in [-0.3, -0.25) is 4.90 Å². The first-order valence-electron chi connectivity index (χ1n) is 7.29. The number of methoxy groups -OCH3 is 1. The Bertz CT molecular complexity index is 548. The smallest absolute Gasteiger partial charge is 0.330 e. The van der Waals surface area contributed by atoms with Gasteiger partial charge in [0.1, 0.15) is 0 Å². The number of carbonyl (C=O) groups excluding carboxylic acids is 1. The Hall–Kier alpha value is -1.39. The lowest BCUT2D eigenvalue weighted by atomic mass is 9.67. The van der Waals surface area contributed by atoms with E-state index in [1.807, 2.05) is 0 Å². The van der Waals surface area contributed by atoms with Crippen LogP contribution in [0.5, 0.6) is 0 Å². The van der Waals surface area contributed by atoms with Gasteiger partial charge in [0.25, 0.3) is 0 Å². The third kappa shape index (κ3) is 1.52. The van der Waals surface area contributed by atoms with Crippen LogP contribution >= 0.6 is 0 Å². The van der Waals surface area contributed by atoms with Crippen molar-refractivity contribution in [2.24, 2.45) is 5.92 Å². The van der Waals surface area contributed by atoms with Crippen molar-refractivity contribution in [3.63, 3.8) is 0 Å². The van der Waals surface area contributed by atoms with Crippen LogP contribution in [-0.2, 0) is 14.3 Å². The topological polar surface area (TPSA) is 38.8 Å². The maximum atomic E-state index is 11.7. The summed E-state index contributed by atoms with van der Waals surface area (Å²) in [7, 11) is 1.75. The normalized spacial score (nSPS) is 39.4. The summed E-state index contributed by atoms with van der Waals surface area (Å²) in [5.41, 5.74) is 2.45. The number of cyclic esters (lactones) is 1. The molecule has 0 amide bonds. The lowest BCUT2D eigenvalue weighted by molar-refractivity contribution is -0.141. The molecule has 1 aliphatic carbocycles. The fourth-order valence-electron chi connectivity index (χ4n) is 4.22. The van der Waals surface area contributed by atoms with Crippen LogP contribution in [0, 0.1) is 5.92 Å². The van der Waals surface area contributed by atoms with E-state index in [2.05, 4.69) is 23.1 Å². The molecule has 0 aromatic heterocycles. The quantitative estimate of drug-likeness (QED) is 0.678. The number of esters is 1. The molecule has 1 saturated heterocycles. The Morgan fingerprint density at radius 2 is 2.40 bits per heavy atom. The molecule has 0 aromatic carbocycles. The van der Waals surface area contributed by atoms with Gasteiger partial charge >= 0.3 is 5.97 Å². The largest absolute Gasteiger partial charge is 0.462 e. The van der Waals surface area contributed by atoms with Crippen LogP contribution < -0.4 is 0 Å². The summed E-state index contributed by atoms with van der Waals surface area (Å²) in [5.74, 6) is 0.178. The summed E-state index contributed by atoms with van der Waals surface area (Å²) >= 11 is 0. The van der Waals surface area contributed by atoms with E-state index < -0.39 is 0 Å². The van der Waals surface area contributed by atoms with E-state index in [-0.39, 0.29) is 17.6 Å². The Kier molecular flexibility index (Phi) is 2.66. The fraction of sp³-hybridized carbons (Fsp3) is 0.562. The molecule has 0 N–H and O–H groups in total.